The van der Waals surface area contributed by atoms with E-state index in [0.717, 1.165) is 27.9 Å². The van der Waals surface area contributed by atoms with Crippen molar-refractivity contribution in [3.05, 3.63) is 127 Å². The molecule has 3 aromatic carbocycles. The fourth-order valence-electron chi connectivity index (χ4n) is 4.57. The second-order valence-corrected chi connectivity index (χ2v) is 9.09. The van der Waals surface area contributed by atoms with Crippen LogP contribution in [-0.4, -0.2) is 24.7 Å². The quantitative estimate of drug-likeness (QED) is 0.178. The predicted octanol–water partition coefficient (Wildman–Crippen LogP) is 6.59. The van der Waals surface area contributed by atoms with E-state index in [0.29, 0.717) is 28.8 Å². The van der Waals surface area contributed by atoms with Gasteiger partial charge in [0.2, 0.25) is 5.95 Å². The summed E-state index contributed by atoms with van der Waals surface area (Å²) in [6.07, 6.45) is 7.14. The first-order chi connectivity index (χ1) is 19.6. The number of hydrazine groups is 1. The van der Waals surface area contributed by atoms with E-state index in [4.69, 9.17) is 15.8 Å². The average molecular weight is 529 g/mol. The van der Waals surface area contributed by atoms with Crippen LogP contribution < -0.4 is 16.2 Å². The molecule has 0 saturated carbocycles. The molecule has 0 bridgehead atoms. The highest BCUT2D eigenvalue weighted by molar-refractivity contribution is 5.84. The van der Waals surface area contributed by atoms with E-state index in [9.17, 15) is 4.39 Å². The zero-order valence-electron chi connectivity index (χ0n) is 21.6. The van der Waals surface area contributed by atoms with Crippen LogP contribution in [0.1, 0.15) is 5.56 Å². The molecule has 196 valence electrons. The summed E-state index contributed by atoms with van der Waals surface area (Å²) in [7, 11) is 0. The monoisotopic (exact) mass is 528 g/mol. The van der Waals surface area contributed by atoms with Crippen LogP contribution in [0, 0.1) is 12.7 Å². The number of rotatable bonds is 7. The maximum atomic E-state index is 14.6. The van der Waals surface area contributed by atoms with E-state index in [1.165, 1.54) is 12.1 Å². The van der Waals surface area contributed by atoms with E-state index in [2.05, 4.69) is 15.5 Å². The molecule has 6 rings (SSSR count). The summed E-state index contributed by atoms with van der Waals surface area (Å²) in [5, 5.41) is 4.66. The summed E-state index contributed by atoms with van der Waals surface area (Å²) >= 11 is 0. The SMILES string of the molecule is Cc1ccc(F)cc1N(c1ccccc1)c1nc(NN)c(-c2ccccc2)c(-n2cc(-c3ccncc3)cn2)n1. The second-order valence-electron chi connectivity index (χ2n) is 9.09. The first-order valence-corrected chi connectivity index (χ1v) is 12.6. The van der Waals surface area contributed by atoms with Gasteiger partial charge in [0.1, 0.15) is 5.82 Å². The molecule has 9 heteroatoms. The molecule has 0 unspecified atom stereocenters. The van der Waals surface area contributed by atoms with E-state index in [1.807, 2.05) is 90.8 Å². The highest BCUT2D eigenvalue weighted by Crippen LogP contribution is 2.39. The zero-order valence-corrected chi connectivity index (χ0v) is 21.6. The number of para-hydroxylation sites is 1. The first-order valence-electron chi connectivity index (χ1n) is 12.6. The van der Waals surface area contributed by atoms with E-state index < -0.39 is 0 Å². The molecule has 0 aliphatic heterocycles. The summed E-state index contributed by atoms with van der Waals surface area (Å²) in [5.74, 6) is 6.89. The van der Waals surface area contributed by atoms with Crippen LogP contribution in [0.5, 0.6) is 0 Å². The smallest absolute Gasteiger partial charge is 0.238 e. The van der Waals surface area contributed by atoms with Gasteiger partial charge in [0, 0.05) is 29.8 Å². The number of halogens is 1. The summed E-state index contributed by atoms with van der Waals surface area (Å²) in [6.45, 7) is 1.92. The number of aryl methyl sites for hydroxylation is 1. The Kier molecular flexibility index (Phi) is 6.70. The minimum Gasteiger partial charge on any atom is -0.308 e. The summed E-state index contributed by atoms with van der Waals surface area (Å²) < 4.78 is 16.3. The van der Waals surface area contributed by atoms with Crippen LogP contribution in [0.3, 0.4) is 0 Å². The number of nitrogens with zero attached hydrogens (tertiary/aromatic N) is 6. The van der Waals surface area contributed by atoms with Crippen molar-refractivity contribution < 1.29 is 4.39 Å². The van der Waals surface area contributed by atoms with Gasteiger partial charge in [-0.15, -0.1) is 0 Å². The number of pyridine rings is 1. The number of nitrogen functional groups attached to an aromatic ring is 1. The summed E-state index contributed by atoms with van der Waals surface area (Å²) in [5.41, 5.74) is 8.36. The molecule has 40 heavy (non-hydrogen) atoms. The van der Waals surface area contributed by atoms with Crippen LogP contribution in [0.15, 0.2) is 116 Å². The molecular formula is C31H25FN8. The van der Waals surface area contributed by atoms with Gasteiger partial charge in [-0.2, -0.15) is 15.1 Å². The van der Waals surface area contributed by atoms with E-state index in [-0.39, 0.29) is 5.82 Å². The van der Waals surface area contributed by atoms with Gasteiger partial charge in [-0.1, -0.05) is 54.6 Å². The number of nitrogens with one attached hydrogen (secondary N) is 1. The van der Waals surface area contributed by atoms with Crippen LogP contribution in [-0.2, 0) is 0 Å². The lowest BCUT2D eigenvalue weighted by Gasteiger charge is -2.26. The molecule has 0 saturated heterocycles. The number of nitrogens with two attached hydrogens (primary N) is 1. The van der Waals surface area contributed by atoms with Crippen molar-refractivity contribution in [1.29, 1.82) is 0 Å². The minimum absolute atomic E-state index is 0.295. The molecule has 0 fully saturated rings. The third kappa shape index (κ3) is 4.77. The van der Waals surface area contributed by atoms with Gasteiger partial charge in [-0.05, 0) is 60.0 Å². The van der Waals surface area contributed by atoms with Crippen LogP contribution in [0.25, 0.3) is 28.1 Å². The number of anilines is 4. The number of benzene rings is 3. The van der Waals surface area contributed by atoms with Gasteiger partial charge in [0.05, 0.1) is 17.4 Å². The van der Waals surface area contributed by atoms with Crippen molar-refractivity contribution in [3.63, 3.8) is 0 Å². The van der Waals surface area contributed by atoms with Crippen LogP contribution in [0.4, 0.5) is 27.5 Å². The number of hydrogen-bond acceptors (Lipinski definition) is 7. The third-order valence-corrected chi connectivity index (χ3v) is 6.52. The van der Waals surface area contributed by atoms with Gasteiger partial charge < -0.3 is 5.43 Å². The Bertz CT molecular complexity index is 1760. The van der Waals surface area contributed by atoms with Gasteiger partial charge >= 0.3 is 0 Å². The van der Waals surface area contributed by atoms with Crippen molar-refractivity contribution in [1.82, 2.24) is 24.7 Å². The topological polar surface area (TPSA) is 97.8 Å². The maximum absolute atomic E-state index is 14.6. The molecule has 3 N–H and O–H groups in total. The standard InChI is InChI=1S/C31H25FN8/c1-21-12-13-25(32)18-27(21)40(26-10-6-3-7-11-26)31-36-29(38-33)28(23-8-4-2-5-9-23)30(37-31)39-20-24(19-35-39)22-14-16-34-17-15-22/h2-20H,33H2,1H3,(H,36,37,38). The van der Waals surface area contributed by atoms with Crippen molar-refractivity contribution in [3.8, 4) is 28.1 Å². The molecule has 0 radical (unpaired) electrons. The lowest BCUT2D eigenvalue weighted by Crippen LogP contribution is -2.20. The van der Waals surface area contributed by atoms with E-state index >= 15 is 0 Å². The fraction of sp³-hybridized carbons (Fsp3) is 0.0323. The van der Waals surface area contributed by atoms with Gasteiger partial charge in [0.25, 0.3) is 0 Å². The molecule has 6 aromatic rings. The molecule has 0 spiro atoms. The van der Waals surface area contributed by atoms with Gasteiger partial charge in [-0.3, -0.25) is 9.88 Å². The Morgan fingerprint density at radius 2 is 1.55 bits per heavy atom. The average Bonchev–Trinajstić information content (AvgIpc) is 3.50. The molecular weight excluding hydrogens is 503 g/mol. The first kappa shape index (κ1) is 24.9. The normalized spacial score (nSPS) is 10.9. The lowest BCUT2D eigenvalue weighted by molar-refractivity contribution is 0.627. The third-order valence-electron chi connectivity index (χ3n) is 6.52. The number of aromatic nitrogens is 5. The van der Waals surface area contributed by atoms with Crippen molar-refractivity contribution in [2.45, 2.75) is 6.92 Å². The molecule has 0 aliphatic rings. The van der Waals surface area contributed by atoms with Crippen LogP contribution >= 0.6 is 0 Å². The second kappa shape index (κ2) is 10.8. The summed E-state index contributed by atoms with van der Waals surface area (Å²) in [6, 6.07) is 27.8. The highest BCUT2D eigenvalue weighted by Gasteiger charge is 2.24. The van der Waals surface area contributed by atoms with Crippen LogP contribution in [0.2, 0.25) is 0 Å². The summed E-state index contributed by atoms with van der Waals surface area (Å²) in [4.78, 5) is 15.8. The lowest BCUT2D eigenvalue weighted by atomic mass is 10.1. The largest absolute Gasteiger partial charge is 0.308 e. The van der Waals surface area contributed by atoms with Crippen molar-refractivity contribution in [2.75, 3.05) is 10.3 Å². The molecule has 0 aliphatic carbocycles. The Balaban J connectivity index is 1.62. The van der Waals surface area contributed by atoms with Crippen molar-refractivity contribution in [2.24, 2.45) is 5.84 Å². The van der Waals surface area contributed by atoms with E-state index in [1.54, 1.807) is 29.3 Å². The molecule has 0 atom stereocenters. The molecule has 3 heterocycles. The molecule has 8 nitrogen and oxygen atoms in total. The Labute approximate surface area is 230 Å². The Hall–Kier alpha value is -5.41. The minimum atomic E-state index is -0.367. The highest BCUT2D eigenvalue weighted by atomic mass is 19.1. The Morgan fingerprint density at radius 1 is 0.825 bits per heavy atom. The Morgan fingerprint density at radius 3 is 2.27 bits per heavy atom. The maximum Gasteiger partial charge on any atom is 0.238 e. The van der Waals surface area contributed by atoms with Gasteiger partial charge in [-0.25, -0.2) is 14.9 Å². The fourth-order valence-corrected chi connectivity index (χ4v) is 4.57. The molecule has 3 aromatic heterocycles. The zero-order chi connectivity index (χ0) is 27.5. The number of hydrogen-bond donors (Lipinski definition) is 2. The van der Waals surface area contributed by atoms with Crippen molar-refractivity contribution >= 4 is 23.1 Å². The predicted molar refractivity (Wildman–Crippen MR) is 155 cm³/mol. The van der Waals surface area contributed by atoms with Gasteiger partial charge in [0.15, 0.2) is 11.6 Å². The molecule has 0 amide bonds.